The van der Waals surface area contributed by atoms with Crippen molar-refractivity contribution in [3.05, 3.63) is 47.8 Å². The van der Waals surface area contributed by atoms with Gasteiger partial charge in [0, 0.05) is 39.9 Å². The summed E-state index contributed by atoms with van der Waals surface area (Å²) in [5, 5.41) is 3.32. The number of aromatic nitrogens is 2. The van der Waals surface area contributed by atoms with Gasteiger partial charge in [-0.25, -0.2) is 9.97 Å². The molecule has 0 saturated carbocycles. The van der Waals surface area contributed by atoms with Crippen molar-refractivity contribution < 1.29 is 4.74 Å². The summed E-state index contributed by atoms with van der Waals surface area (Å²) in [6.45, 7) is 4.32. The second-order valence-corrected chi connectivity index (χ2v) is 5.27. The molecule has 0 unspecified atom stereocenters. The van der Waals surface area contributed by atoms with E-state index in [9.17, 15) is 0 Å². The molecule has 2 rings (SSSR count). The van der Waals surface area contributed by atoms with E-state index in [1.54, 1.807) is 7.11 Å². The maximum atomic E-state index is 5.05. The van der Waals surface area contributed by atoms with Gasteiger partial charge in [-0.1, -0.05) is 30.3 Å². The maximum absolute atomic E-state index is 5.05. The Morgan fingerprint density at radius 1 is 1.18 bits per heavy atom. The summed E-state index contributed by atoms with van der Waals surface area (Å²) in [7, 11) is 3.76. The first-order valence-corrected chi connectivity index (χ1v) is 7.52. The van der Waals surface area contributed by atoms with E-state index in [1.165, 1.54) is 5.56 Å². The first-order chi connectivity index (χ1) is 10.7. The van der Waals surface area contributed by atoms with Gasteiger partial charge >= 0.3 is 0 Å². The number of nitrogens with one attached hydrogen (secondary N) is 1. The second kappa shape index (κ2) is 8.34. The van der Waals surface area contributed by atoms with Gasteiger partial charge < -0.3 is 15.0 Å². The Hall–Kier alpha value is -2.14. The highest BCUT2D eigenvalue weighted by Crippen LogP contribution is 2.17. The highest BCUT2D eigenvalue weighted by molar-refractivity contribution is 5.49. The topological polar surface area (TPSA) is 50.3 Å². The van der Waals surface area contributed by atoms with Gasteiger partial charge in [0.25, 0.3) is 0 Å². The van der Waals surface area contributed by atoms with Crippen molar-refractivity contribution in [1.29, 1.82) is 0 Å². The first-order valence-electron chi connectivity index (χ1n) is 7.52. The van der Waals surface area contributed by atoms with Crippen LogP contribution in [0.3, 0.4) is 0 Å². The molecule has 5 heteroatoms. The lowest BCUT2D eigenvalue weighted by molar-refractivity contribution is 0.198. The average molecular weight is 300 g/mol. The molecule has 1 aromatic heterocycles. The van der Waals surface area contributed by atoms with Gasteiger partial charge in [0.05, 0.1) is 0 Å². The minimum absolute atomic E-state index is 0.748. The highest BCUT2D eigenvalue weighted by Gasteiger charge is 2.07. The molecular formula is C17H24N4O. The zero-order valence-corrected chi connectivity index (χ0v) is 13.5. The Labute approximate surface area is 132 Å². The van der Waals surface area contributed by atoms with E-state index in [0.29, 0.717) is 0 Å². The van der Waals surface area contributed by atoms with Crippen molar-refractivity contribution >= 4 is 11.6 Å². The molecule has 2 aromatic rings. The normalized spacial score (nSPS) is 10.5. The van der Waals surface area contributed by atoms with Crippen LogP contribution in [0, 0.1) is 6.92 Å². The van der Waals surface area contributed by atoms with Gasteiger partial charge in [-0.15, -0.1) is 0 Å². The fraction of sp³-hybridized carbons (Fsp3) is 0.412. The molecule has 0 saturated heterocycles. The van der Waals surface area contributed by atoms with Crippen LogP contribution in [0.2, 0.25) is 0 Å². The molecule has 0 aliphatic heterocycles. The molecular weight excluding hydrogens is 276 g/mol. The van der Waals surface area contributed by atoms with E-state index in [1.807, 2.05) is 26.1 Å². The van der Waals surface area contributed by atoms with Crippen LogP contribution in [0.15, 0.2) is 36.4 Å². The number of methoxy groups -OCH3 is 1. The van der Waals surface area contributed by atoms with E-state index >= 15 is 0 Å². The molecule has 0 spiro atoms. The quantitative estimate of drug-likeness (QED) is 0.760. The fourth-order valence-corrected chi connectivity index (χ4v) is 2.21. The van der Waals surface area contributed by atoms with Crippen LogP contribution in [-0.2, 0) is 11.3 Å². The number of aryl methyl sites for hydroxylation is 1. The number of nitrogens with zero attached hydrogens (tertiary/aromatic N) is 3. The molecule has 0 radical (unpaired) electrons. The van der Waals surface area contributed by atoms with Crippen LogP contribution in [0.4, 0.5) is 11.6 Å². The van der Waals surface area contributed by atoms with E-state index < -0.39 is 0 Å². The van der Waals surface area contributed by atoms with Crippen molar-refractivity contribution in [2.24, 2.45) is 0 Å². The third-order valence-corrected chi connectivity index (χ3v) is 3.31. The number of hydrogen-bond donors (Lipinski definition) is 1. The molecule has 118 valence electrons. The predicted molar refractivity (Wildman–Crippen MR) is 90.3 cm³/mol. The van der Waals surface area contributed by atoms with Gasteiger partial charge in [0.2, 0.25) is 0 Å². The molecule has 5 nitrogen and oxygen atoms in total. The Balaban J connectivity index is 2.01. The van der Waals surface area contributed by atoms with E-state index in [2.05, 4.69) is 44.5 Å². The standard InChI is InChI=1S/C17H24N4O/c1-14-19-16(18-10-7-11-22-3)12-17(20-14)21(2)13-15-8-5-4-6-9-15/h4-6,8-9,12H,7,10-11,13H2,1-3H3,(H,18,19,20). The van der Waals surface area contributed by atoms with Crippen LogP contribution in [-0.4, -0.2) is 37.3 Å². The van der Waals surface area contributed by atoms with Gasteiger partial charge in [-0.3, -0.25) is 0 Å². The SMILES string of the molecule is COCCCNc1cc(N(C)Cc2ccccc2)nc(C)n1. The smallest absolute Gasteiger partial charge is 0.134 e. The third kappa shape index (κ3) is 5.00. The molecule has 0 aliphatic rings. The van der Waals surface area contributed by atoms with E-state index in [-0.39, 0.29) is 0 Å². The number of benzene rings is 1. The molecule has 0 bridgehead atoms. The summed E-state index contributed by atoms with van der Waals surface area (Å²) in [6.07, 6.45) is 0.953. The largest absolute Gasteiger partial charge is 0.385 e. The van der Waals surface area contributed by atoms with Crippen LogP contribution in [0.5, 0.6) is 0 Å². The second-order valence-electron chi connectivity index (χ2n) is 5.27. The summed E-state index contributed by atoms with van der Waals surface area (Å²) in [5.74, 6) is 2.55. The maximum Gasteiger partial charge on any atom is 0.134 e. The lowest BCUT2D eigenvalue weighted by atomic mass is 10.2. The van der Waals surface area contributed by atoms with Crippen molar-refractivity contribution in [3.8, 4) is 0 Å². The van der Waals surface area contributed by atoms with Crippen molar-refractivity contribution in [2.75, 3.05) is 37.5 Å². The molecule has 1 heterocycles. The predicted octanol–water partition coefficient (Wildman–Crippen LogP) is 2.87. The van der Waals surface area contributed by atoms with Crippen LogP contribution in [0.25, 0.3) is 0 Å². The first kappa shape index (κ1) is 16.2. The summed E-state index contributed by atoms with van der Waals surface area (Å²) in [5.41, 5.74) is 1.26. The molecule has 0 aliphatic carbocycles. The fourth-order valence-electron chi connectivity index (χ4n) is 2.21. The average Bonchev–Trinajstić information content (AvgIpc) is 2.52. The number of hydrogen-bond acceptors (Lipinski definition) is 5. The summed E-state index contributed by atoms with van der Waals surface area (Å²) >= 11 is 0. The lowest BCUT2D eigenvalue weighted by Crippen LogP contribution is -2.19. The van der Waals surface area contributed by atoms with E-state index in [4.69, 9.17) is 4.74 Å². The van der Waals surface area contributed by atoms with Crippen LogP contribution >= 0.6 is 0 Å². The van der Waals surface area contributed by atoms with Crippen molar-refractivity contribution in [1.82, 2.24) is 9.97 Å². The zero-order valence-electron chi connectivity index (χ0n) is 13.5. The Morgan fingerprint density at radius 3 is 2.68 bits per heavy atom. The summed E-state index contributed by atoms with van der Waals surface area (Å²) in [4.78, 5) is 11.1. The van der Waals surface area contributed by atoms with Gasteiger partial charge in [0.15, 0.2) is 0 Å². The molecule has 0 fully saturated rings. The molecule has 0 amide bonds. The highest BCUT2D eigenvalue weighted by atomic mass is 16.5. The third-order valence-electron chi connectivity index (χ3n) is 3.31. The molecule has 1 aromatic carbocycles. The van der Waals surface area contributed by atoms with Crippen LogP contribution < -0.4 is 10.2 Å². The zero-order chi connectivity index (χ0) is 15.8. The monoisotopic (exact) mass is 300 g/mol. The van der Waals surface area contributed by atoms with Gasteiger partial charge in [-0.05, 0) is 18.9 Å². The number of rotatable bonds is 8. The number of ether oxygens (including phenoxy) is 1. The Bertz CT molecular complexity index is 574. The Kier molecular flexibility index (Phi) is 6.15. The summed E-state index contributed by atoms with van der Waals surface area (Å²) < 4.78 is 5.05. The van der Waals surface area contributed by atoms with Gasteiger partial charge in [0.1, 0.15) is 17.5 Å². The Morgan fingerprint density at radius 2 is 1.95 bits per heavy atom. The molecule has 1 N–H and O–H groups in total. The van der Waals surface area contributed by atoms with Gasteiger partial charge in [-0.2, -0.15) is 0 Å². The molecule has 0 atom stereocenters. The minimum Gasteiger partial charge on any atom is -0.385 e. The lowest BCUT2D eigenvalue weighted by Gasteiger charge is -2.19. The number of anilines is 2. The minimum atomic E-state index is 0.748. The van der Waals surface area contributed by atoms with Crippen molar-refractivity contribution in [2.45, 2.75) is 19.9 Å². The summed E-state index contributed by atoms with van der Waals surface area (Å²) in [6, 6.07) is 12.4. The van der Waals surface area contributed by atoms with Crippen LogP contribution in [0.1, 0.15) is 17.8 Å². The van der Waals surface area contributed by atoms with E-state index in [0.717, 1.165) is 43.6 Å². The molecule has 22 heavy (non-hydrogen) atoms. The van der Waals surface area contributed by atoms with Crippen molar-refractivity contribution in [3.63, 3.8) is 0 Å².